The number of rotatable bonds is 0. The first-order valence-electron chi connectivity index (χ1n) is 6.64. The summed E-state index contributed by atoms with van der Waals surface area (Å²) in [6.07, 6.45) is 8.49. The zero-order valence-corrected chi connectivity index (χ0v) is 10.6. The minimum absolute atomic E-state index is 0.596. The van der Waals surface area contributed by atoms with Gasteiger partial charge in [-0.3, -0.25) is 0 Å². The normalized spacial score (nSPS) is 51.5. The molecule has 15 heavy (non-hydrogen) atoms. The van der Waals surface area contributed by atoms with Crippen LogP contribution in [0.5, 0.6) is 0 Å². The van der Waals surface area contributed by atoms with E-state index >= 15 is 0 Å². The quantitative estimate of drug-likeness (QED) is 0.513. The fourth-order valence-electron chi connectivity index (χ4n) is 5.34. The molecule has 0 saturated heterocycles. The Morgan fingerprint density at radius 2 is 2.00 bits per heavy atom. The average molecular weight is 204 g/mol. The highest BCUT2D eigenvalue weighted by molar-refractivity contribution is 5.28. The Morgan fingerprint density at radius 1 is 1.27 bits per heavy atom. The highest BCUT2D eigenvalue weighted by atomic mass is 14.7. The minimum atomic E-state index is 0.596. The van der Waals surface area contributed by atoms with Crippen LogP contribution in [0.3, 0.4) is 0 Å². The van der Waals surface area contributed by atoms with Crippen LogP contribution >= 0.6 is 0 Å². The first-order chi connectivity index (χ1) is 6.96. The highest BCUT2D eigenvalue weighted by Crippen LogP contribution is 2.70. The highest BCUT2D eigenvalue weighted by Gasteiger charge is 2.61. The smallest absolute Gasteiger partial charge is 0.0138 e. The molecule has 0 aromatic carbocycles. The first kappa shape index (κ1) is 9.93. The lowest BCUT2D eigenvalue weighted by molar-refractivity contribution is 0.135. The summed E-state index contributed by atoms with van der Waals surface area (Å²) in [6, 6.07) is 0. The van der Waals surface area contributed by atoms with Crippen molar-refractivity contribution < 1.29 is 0 Å². The lowest BCUT2D eigenvalue weighted by atomic mass is 9.67. The third-order valence-corrected chi connectivity index (χ3v) is 5.72. The predicted octanol–water partition coefficient (Wildman–Crippen LogP) is 4.42. The van der Waals surface area contributed by atoms with E-state index in [2.05, 4.69) is 33.8 Å². The van der Waals surface area contributed by atoms with Gasteiger partial charge in [0.25, 0.3) is 0 Å². The summed E-state index contributed by atoms with van der Waals surface area (Å²) in [5, 5.41) is 0. The fourth-order valence-corrected chi connectivity index (χ4v) is 5.34. The Kier molecular flexibility index (Phi) is 1.79. The first-order valence-corrected chi connectivity index (χ1v) is 6.64. The van der Waals surface area contributed by atoms with E-state index in [1.807, 2.05) is 0 Å². The molecule has 1 spiro atoms. The van der Waals surface area contributed by atoms with Crippen molar-refractivity contribution in [1.82, 2.24) is 0 Å². The number of allylic oxidation sites excluding steroid dienone is 2. The lowest BCUT2D eigenvalue weighted by Crippen LogP contribution is -2.31. The van der Waals surface area contributed by atoms with Crippen LogP contribution in [0, 0.1) is 28.6 Å². The average Bonchev–Trinajstić information content (AvgIpc) is 2.61. The Labute approximate surface area is 94.1 Å². The van der Waals surface area contributed by atoms with Gasteiger partial charge in [-0.25, -0.2) is 0 Å². The summed E-state index contributed by atoms with van der Waals surface area (Å²) in [7, 11) is 0. The van der Waals surface area contributed by atoms with Crippen molar-refractivity contribution in [3.63, 3.8) is 0 Å². The van der Waals surface area contributed by atoms with Gasteiger partial charge in [0.1, 0.15) is 0 Å². The van der Waals surface area contributed by atoms with Crippen LogP contribution < -0.4 is 0 Å². The van der Waals surface area contributed by atoms with Crippen LogP contribution in [-0.4, -0.2) is 0 Å². The molecule has 0 amide bonds. The van der Waals surface area contributed by atoms with Crippen molar-refractivity contribution in [2.45, 2.75) is 53.4 Å². The van der Waals surface area contributed by atoms with Gasteiger partial charge in [-0.2, -0.15) is 0 Å². The van der Waals surface area contributed by atoms with E-state index in [4.69, 9.17) is 0 Å². The molecule has 0 N–H and O–H groups in total. The molecule has 0 aromatic heterocycles. The summed E-state index contributed by atoms with van der Waals surface area (Å²) in [4.78, 5) is 0. The fraction of sp³-hybridized carbons (Fsp3) is 0.867. The maximum Gasteiger partial charge on any atom is -0.0138 e. The van der Waals surface area contributed by atoms with E-state index in [0.717, 1.165) is 17.8 Å². The maximum atomic E-state index is 2.63. The topological polar surface area (TPSA) is 0 Å². The van der Waals surface area contributed by atoms with Crippen LogP contribution in [-0.2, 0) is 0 Å². The Balaban J connectivity index is 2.05. The van der Waals surface area contributed by atoms with Crippen LogP contribution in [0.2, 0.25) is 0 Å². The van der Waals surface area contributed by atoms with Gasteiger partial charge in [-0.05, 0) is 61.2 Å². The molecular formula is C15H24. The van der Waals surface area contributed by atoms with Gasteiger partial charge in [0.05, 0.1) is 0 Å². The number of hydrogen-bond acceptors (Lipinski definition) is 0. The molecule has 0 aromatic rings. The van der Waals surface area contributed by atoms with Gasteiger partial charge in [-0.15, -0.1) is 0 Å². The molecule has 3 aliphatic rings. The minimum Gasteiger partial charge on any atom is -0.0816 e. The predicted molar refractivity (Wildman–Crippen MR) is 64.6 cm³/mol. The molecule has 3 unspecified atom stereocenters. The van der Waals surface area contributed by atoms with E-state index < -0.39 is 0 Å². The van der Waals surface area contributed by atoms with Crippen molar-refractivity contribution in [2.75, 3.05) is 0 Å². The van der Waals surface area contributed by atoms with E-state index in [9.17, 15) is 0 Å². The Hall–Kier alpha value is -0.260. The Morgan fingerprint density at radius 3 is 2.73 bits per heavy atom. The van der Waals surface area contributed by atoms with Gasteiger partial charge in [0.2, 0.25) is 0 Å². The number of hydrogen-bond donors (Lipinski definition) is 0. The molecule has 3 aliphatic carbocycles. The third kappa shape index (κ3) is 1.09. The third-order valence-electron chi connectivity index (χ3n) is 5.72. The van der Waals surface area contributed by atoms with E-state index in [1.165, 1.54) is 25.7 Å². The summed E-state index contributed by atoms with van der Waals surface area (Å²) < 4.78 is 0. The molecule has 4 atom stereocenters. The van der Waals surface area contributed by atoms with Crippen LogP contribution in [0.1, 0.15) is 53.4 Å². The molecule has 3 rings (SSSR count). The Bertz CT molecular complexity index is 323. The monoisotopic (exact) mass is 204 g/mol. The largest absolute Gasteiger partial charge is 0.0816 e. The van der Waals surface area contributed by atoms with Gasteiger partial charge >= 0.3 is 0 Å². The van der Waals surface area contributed by atoms with Gasteiger partial charge < -0.3 is 0 Å². The second-order valence-electron chi connectivity index (χ2n) is 7.21. The van der Waals surface area contributed by atoms with Gasteiger partial charge in [-0.1, -0.05) is 32.4 Å². The summed E-state index contributed by atoms with van der Waals surface area (Å²) in [5.41, 5.74) is 3.01. The molecule has 2 fully saturated rings. The van der Waals surface area contributed by atoms with Crippen molar-refractivity contribution in [3.8, 4) is 0 Å². The molecule has 0 heteroatoms. The SMILES string of the molecule is CC1=CC2CC(C)(C)CC23C1CC[C@H]3C. The molecule has 84 valence electrons. The standard InChI is InChI=1S/C15H24/c1-10-7-12-8-14(3,4)9-15(12)11(2)5-6-13(10)15/h7,11-13H,5-6,8-9H2,1-4H3/t11-,12?,13?,15?/m1/s1. The van der Waals surface area contributed by atoms with Crippen molar-refractivity contribution in [1.29, 1.82) is 0 Å². The molecule has 0 aliphatic heterocycles. The van der Waals surface area contributed by atoms with E-state index in [0.29, 0.717) is 10.8 Å². The summed E-state index contributed by atoms with van der Waals surface area (Å²) in [6.45, 7) is 9.85. The molecule has 0 nitrogen and oxygen atoms in total. The second-order valence-corrected chi connectivity index (χ2v) is 7.21. The van der Waals surface area contributed by atoms with Crippen LogP contribution in [0.4, 0.5) is 0 Å². The maximum absolute atomic E-state index is 2.63. The summed E-state index contributed by atoms with van der Waals surface area (Å²) >= 11 is 0. The molecular weight excluding hydrogens is 180 g/mol. The lowest BCUT2D eigenvalue weighted by Gasteiger charge is -2.36. The van der Waals surface area contributed by atoms with Gasteiger partial charge in [0.15, 0.2) is 0 Å². The summed E-state index contributed by atoms with van der Waals surface area (Å²) in [5.74, 6) is 2.82. The molecule has 0 radical (unpaired) electrons. The van der Waals surface area contributed by atoms with Gasteiger partial charge in [0, 0.05) is 0 Å². The van der Waals surface area contributed by atoms with E-state index in [-0.39, 0.29) is 0 Å². The second kappa shape index (κ2) is 2.70. The van der Waals surface area contributed by atoms with Crippen molar-refractivity contribution in [3.05, 3.63) is 11.6 Å². The zero-order chi connectivity index (χ0) is 10.8. The van der Waals surface area contributed by atoms with Crippen molar-refractivity contribution >= 4 is 0 Å². The molecule has 2 saturated carbocycles. The van der Waals surface area contributed by atoms with Crippen molar-refractivity contribution in [2.24, 2.45) is 28.6 Å². The van der Waals surface area contributed by atoms with Crippen LogP contribution in [0.15, 0.2) is 11.6 Å². The molecule has 0 bridgehead atoms. The molecule has 0 heterocycles. The van der Waals surface area contributed by atoms with Crippen LogP contribution in [0.25, 0.3) is 0 Å². The van der Waals surface area contributed by atoms with E-state index in [1.54, 1.807) is 5.57 Å². The zero-order valence-electron chi connectivity index (χ0n) is 10.6.